The predicted molar refractivity (Wildman–Crippen MR) is 62.3 cm³/mol. The van der Waals surface area contributed by atoms with Crippen LogP contribution in [0.5, 0.6) is 0 Å². The molecule has 2 heterocycles. The molecule has 0 saturated carbocycles. The summed E-state index contributed by atoms with van der Waals surface area (Å²) in [5, 5.41) is 0. The van der Waals surface area contributed by atoms with Gasteiger partial charge in [0.15, 0.2) is 0 Å². The molecule has 1 saturated heterocycles. The lowest BCUT2D eigenvalue weighted by atomic mass is 10.0. The standard InChI is InChI=1S/C10H18N6/c1-7-3-2-4-16(5-7)6-8-13-9(11)15-10(12)14-8/h7H,2-6H2,1H3,(H4,11,12,13,14,15)/t7-/m0/s1. The van der Waals surface area contributed by atoms with Gasteiger partial charge in [0, 0.05) is 6.54 Å². The number of nitrogens with two attached hydrogens (primary N) is 2. The van der Waals surface area contributed by atoms with E-state index in [2.05, 4.69) is 26.8 Å². The molecule has 4 N–H and O–H groups in total. The minimum atomic E-state index is 0.201. The zero-order valence-corrected chi connectivity index (χ0v) is 9.56. The van der Waals surface area contributed by atoms with Crippen LogP contribution in [0.15, 0.2) is 0 Å². The molecule has 1 fully saturated rings. The fourth-order valence-corrected chi connectivity index (χ4v) is 2.16. The van der Waals surface area contributed by atoms with Gasteiger partial charge < -0.3 is 11.5 Å². The maximum absolute atomic E-state index is 5.53. The number of nitrogen functional groups attached to an aromatic ring is 2. The van der Waals surface area contributed by atoms with Gasteiger partial charge in [-0.3, -0.25) is 4.90 Å². The van der Waals surface area contributed by atoms with Crippen LogP contribution in [-0.2, 0) is 6.54 Å². The highest BCUT2D eigenvalue weighted by Gasteiger charge is 2.17. The molecular weight excluding hydrogens is 204 g/mol. The fourth-order valence-electron chi connectivity index (χ4n) is 2.16. The van der Waals surface area contributed by atoms with Gasteiger partial charge in [0.25, 0.3) is 0 Å². The maximum Gasteiger partial charge on any atom is 0.225 e. The van der Waals surface area contributed by atoms with Gasteiger partial charge in [-0.15, -0.1) is 0 Å². The van der Waals surface area contributed by atoms with E-state index in [-0.39, 0.29) is 11.9 Å². The number of likely N-dealkylation sites (tertiary alicyclic amines) is 1. The quantitative estimate of drug-likeness (QED) is 0.746. The van der Waals surface area contributed by atoms with Gasteiger partial charge in [-0.2, -0.15) is 15.0 Å². The first-order chi connectivity index (χ1) is 7.63. The molecule has 6 nitrogen and oxygen atoms in total. The Morgan fingerprint density at radius 1 is 1.25 bits per heavy atom. The van der Waals surface area contributed by atoms with E-state index in [1.807, 2.05) is 0 Å². The third-order valence-electron chi connectivity index (χ3n) is 2.82. The Kier molecular flexibility index (Phi) is 3.19. The smallest absolute Gasteiger partial charge is 0.225 e. The van der Waals surface area contributed by atoms with Crippen LogP contribution in [0.4, 0.5) is 11.9 Å². The van der Waals surface area contributed by atoms with Gasteiger partial charge in [-0.25, -0.2) is 0 Å². The Bertz CT molecular complexity index is 346. The second-order valence-corrected chi connectivity index (χ2v) is 4.45. The summed E-state index contributed by atoms with van der Waals surface area (Å²) in [4.78, 5) is 14.3. The summed E-state index contributed by atoms with van der Waals surface area (Å²) >= 11 is 0. The van der Waals surface area contributed by atoms with Crippen molar-refractivity contribution in [2.75, 3.05) is 24.6 Å². The summed E-state index contributed by atoms with van der Waals surface area (Å²) < 4.78 is 0. The lowest BCUT2D eigenvalue weighted by Crippen LogP contribution is -2.34. The number of hydrogen-bond donors (Lipinski definition) is 2. The average molecular weight is 222 g/mol. The SMILES string of the molecule is C[C@H]1CCCN(Cc2nc(N)nc(N)n2)C1. The summed E-state index contributed by atoms with van der Waals surface area (Å²) in [5.74, 6) is 1.81. The summed E-state index contributed by atoms with van der Waals surface area (Å²) in [6.07, 6.45) is 2.54. The minimum Gasteiger partial charge on any atom is -0.368 e. The van der Waals surface area contributed by atoms with Gasteiger partial charge in [0.1, 0.15) is 5.82 Å². The molecule has 0 spiro atoms. The van der Waals surface area contributed by atoms with Gasteiger partial charge >= 0.3 is 0 Å². The van der Waals surface area contributed by atoms with E-state index in [1.54, 1.807) is 0 Å². The van der Waals surface area contributed by atoms with E-state index >= 15 is 0 Å². The van der Waals surface area contributed by atoms with E-state index in [4.69, 9.17) is 11.5 Å². The Balaban J connectivity index is 2.02. The number of aromatic nitrogens is 3. The van der Waals surface area contributed by atoms with E-state index in [0.29, 0.717) is 12.4 Å². The van der Waals surface area contributed by atoms with Crippen LogP contribution in [0.2, 0.25) is 0 Å². The molecule has 88 valence electrons. The largest absolute Gasteiger partial charge is 0.368 e. The van der Waals surface area contributed by atoms with Crippen molar-refractivity contribution in [1.29, 1.82) is 0 Å². The van der Waals surface area contributed by atoms with Crippen molar-refractivity contribution in [2.45, 2.75) is 26.3 Å². The molecule has 1 aromatic heterocycles. The van der Waals surface area contributed by atoms with Crippen LogP contribution < -0.4 is 11.5 Å². The second kappa shape index (κ2) is 4.61. The van der Waals surface area contributed by atoms with E-state index in [1.165, 1.54) is 12.8 Å². The number of rotatable bonds is 2. The molecule has 0 bridgehead atoms. The minimum absolute atomic E-state index is 0.201. The van der Waals surface area contributed by atoms with Crippen LogP contribution in [0, 0.1) is 5.92 Å². The summed E-state index contributed by atoms with van der Waals surface area (Å²) in [5.41, 5.74) is 11.1. The molecule has 0 aromatic carbocycles. The van der Waals surface area contributed by atoms with E-state index in [0.717, 1.165) is 19.0 Å². The lowest BCUT2D eigenvalue weighted by molar-refractivity contribution is 0.173. The Labute approximate surface area is 95.1 Å². The van der Waals surface area contributed by atoms with Crippen molar-refractivity contribution in [3.05, 3.63) is 5.82 Å². The third-order valence-corrected chi connectivity index (χ3v) is 2.82. The highest BCUT2D eigenvalue weighted by Crippen LogP contribution is 2.16. The van der Waals surface area contributed by atoms with E-state index in [9.17, 15) is 0 Å². The molecule has 0 aliphatic carbocycles. The second-order valence-electron chi connectivity index (χ2n) is 4.45. The first-order valence-electron chi connectivity index (χ1n) is 5.62. The number of piperidine rings is 1. The normalized spacial score (nSPS) is 22.2. The van der Waals surface area contributed by atoms with Gasteiger partial charge in [0.05, 0.1) is 6.54 Å². The highest BCUT2D eigenvalue weighted by molar-refractivity contribution is 5.25. The summed E-state index contributed by atoms with van der Waals surface area (Å²) in [6, 6.07) is 0. The lowest BCUT2D eigenvalue weighted by Gasteiger charge is -2.30. The molecule has 16 heavy (non-hydrogen) atoms. The van der Waals surface area contributed by atoms with Crippen molar-refractivity contribution in [2.24, 2.45) is 5.92 Å². The molecule has 0 amide bonds. The topological polar surface area (TPSA) is 94.0 Å². The van der Waals surface area contributed by atoms with E-state index < -0.39 is 0 Å². The number of hydrogen-bond acceptors (Lipinski definition) is 6. The van der Waals surface area contributed by atoms with Crippen molar-refractivity contribution in [3.63, 3.8) is 0 Å². The van der Waals surface area contributed by atoms with Crippen molar-refractivity contribution < 1.29 is 0 Å². The maximum atomic E-state index is 5.53. The van der Waals surface area contributed by atoms with Crippen molar-refractivity contribution >= 4 is 11.9 Å². The first kappa shape index (κ1) is 11.1. The van der Waals surface area contributed by atoms with Crippen LogP contribution in [0.1, 0.15) is 25.6 Å². The Hall–Kier alpha value is -1.43. The van der Waals surface area contributed by atoms with Crippen LogP contribution >= 0.6 is 0 Å². The van der Waals surface area contributed by atoms with Crippen LogP contribution in [0.25, 0.3) is 0 Å². The van der Waals surface area contributed by atoms with Crippen molar-refractivity contribution in [1.82, 2.24) is 19.9 Å². The average Bonchev–Trinajstić information content (AvgIpc) is 2.15. The predicted octanol–water partition coefficient (Wildman–Crippen LogP) is 0.268. The van der Waals surface area contributed by atoms with Crippen LogP contribution in [0.3, 0.4) is 0 Å². The summed E-state index contributed by atoms with van der Waals surface area (Å²) in [6.45, 7) is 5.16. The van der Waals surface area contributed by atoms with Gasteiger partial charge in [-0.05, 0) is 25.3 Å². The molecule has 1 aliphatic rings. The Morgan fingerprint density at radius 3 is 2.56 bits per heavy atom. The van der Waals surface area contributed by atoms with Gasteiger partial charge in [-0.1, -0.05) is 6.92 Å². The molecule has 1 aliphatic heterocycles. The third kappa shape index (κ3) is 2.79. The highest BCUT2D eigenvalue weighted by atomic mass is 15.2. The van der Waals surface area contributed by atoms with Gasteiger partial charge in [0.2, 0.25) is 11.9 Å². The fraction of sp³-hybridized carbons (Fsp3) is 0.700. The molecule has 1 atom stereocenters. The molecule has 0 unspecified atom stereocenters. The molecule has 0 radical (unpaired) electrons. The van der Waals surface area contributed by atoms with Crippen LogP contribution in [-0.4, -0.2) is 32.9 Å². The first-order valence-corrected chi connectivity index (χ1v) is 5.62. The zero-order chi connectivity index (χ0) is 11.5. The molecular formula is C10H18N6. The van der Waals surface area contributed by atoms with Crippen molar-refractivity contribution in [3.8, 4) is 0 Å². The number of nitrogens with zero attached hydrogens (tertiary/aromatic N) is 4. The monoisotopic (exact) mass is 222 g/mol. The molecule has 6 heteroatoms. The molecule has 2 rings (SSSR count). The zero-order valence-electron chi connectivity index (χ0n) is 9.56. The summed E-state index contributed by atoms with van der Waals surface area (Å²) in [7, 11) is 0. The molecule has 1 aromatic rings. The number of anilines is 2. The Morgan fingerprint density at radius 2 is 1.94 bits per heavy atom.